The Labute approximate surface area is 113 Å². The molecule has 2 aliphatic carbocycles. The molecule has 0 aromatic carbocycles. The van der Waals surface area contributed by atoms with E-state index in [4.69, 9.17) is 0 Å². The first-order valence-corrected chi connectivity index (χ1v) is 8.19. The highest BCUT2D eigenvalue weighted by molar-refractivity contribution is 4.99. The Bertz CT molecular complexity index is 238. The standard InChI is InChI=1S/C17H31N/c1-3-5-6-7-8-9-17(18-10-4-2)16-12-14-11-15(14)13-16/h3,14-18H,1,4-13H2,2H3. The molecule has 2 fully saturated rings. The zero-order valence-electron chi connectivity index (χ0n) is 12.2. The van der Waals surface area contributed by atoms with Crippen LogP contribution in [0.2, 0.25) is 0 Å². The van der Waals surface area contributed by atoms with Crippen molar-refractivity contribution in [2.45, 2.75) is 70.8 Å². The van der Waals surface area contributed by atoms with Gasteiger partial charge in [0.15, 0.2) is 0 Å². The summed E-state index contributed by atoms with van der Waals surface area (Å²) in [5.41, 5.74) is 0. The summed E-state index contributed by atoms with van der Waals surface area (Å²) in [7, 11) is 0. The average Bonchev–Trinajstić information content (AvgIpc) is 2.99. The Balaban J connectivity index is 1.65. The van der Waals surface area contributed by atoms with E-state index in [2.05, 4.69) is 24.9 Å². The van der Waals surface area contributed by atoms with Gasteiger partial charge >= 0.3 is 0 Å². The molecule has 0 heterocycles. The van der Waals surface area contributed by atoms with E-state index in [0.29, 0.717) is 0 Å². The van der Waals surface area contributed by atoms with E-state index in [1.807, 2.05) is 0 Å². The third-order valence-corrected chi connectivity index (χ3v) is 4.93. The normalized spacial score (nSPS) is 31.1. The molecule has 0 saturated heterocycles. The van der Waals surface area contributed by atoms with Crippen molar-refractivity contribution in [1.82, 2.24) is 5.32 Å². The average molecular weight is 249 g/mol. The zero-order valence-corrected chi connectivity index (χ0v) is 12.2. The van der Waals surface area contributed by atoms with Crippen LogP contribution in [0.3, 0.4) is 0 Å². The van der Waals surface area contributed by atoms with Crippen LogP contribution in [0.5, 0.6) is 0 Å². The SMILES string of the molecule is C=CCCCCCC(NCCC)C1CC2CC2C1. The summed E-state index contributed by atoms with van der Waals surface area (Å²) in [5.74, 6) is 3.25. The van der Waals surface area contributed by atoms with E-state index in [9.17, 15) is 0 Å². The summed E-state index contributed by atoms with van der Waals surface area (Å²) in [5, 5.41) is 3.82. The number of allylic oxidation sites excluding steroid dienone is 1. The van der Waals surface area contributed by atoms with E-state index in [0.717, 1.165) is 23.8 Å². The van der Waals surface area contributed by atoms with Crippen molar-refractivity contribution >= 4 is 0 Å². The van der Waals surface area contributed by atoms with Crippen LogP contribution in [0.4, 0.5) is 0 Å². The fraction of sp³-hybridized carbons (Fsp3) is 0.882. The minimum absolute atomic E-state index is 0.821. The molecular weight excluding hydrogens is 218 g/mol. The molecule has 18 heavy (non-hydrogen) atoms. The zero-order chi connectivity index (χ0) is 12.8. The monoisotopic (exact) mass is 249 g/mol. The van der Waals surface area contributed by atoms with Crippen LogP contribution >= 0.6 is 0 Å². The van der Waals surface area contributed by atoms with Crippen LogP contribution in [0.15, 0.2) is 12.7 Å². The maximum absolute atomic E-state index is 3.82. The Morgan fingerprint density at radius 1 is 1.17 bits per heavy atom. The molecule has 0 aliphatic heterocycles. The van der Waals surface area contributed by atoms with Gasteiger partial charge in [-0.3, -0.25) is 0 Å². The van der Waals surface area contributed by atoms with Crippen LogP contribution in [-0.4, -0.2) is 12.6 Å². The lowest BCUT2D eigenvalue weighted by Crippen LogP contribution is -2.36. The van der Waals surface area contributed by atoms with Crippen molar-refractivity contribution in [1.29, 1.82) is 0 Å². The Kier molecular flexibility index (Phi) is 5.75. The largest absolute Gasteiger partial charge is 0.314 e. The number of rotatable bonds is 10. The molecule has 2 aliphatic rings. The molecule has 1 nitrogen and oxygen atoms in total. The molecule has 0 amide bonds. The Morgan fingerprint density at radius 2 is 1.94 bits per heavy atom. The van der Waals surface area contributed by atoms with E-state index >= 15 is 0 Å². The first kappa shape index (κ1) is 14.1. The topological polar surface area (TPSA) is 12.0 Å². The van der Waals surface area contributed by atoms with Gasteiger partial charge in [0.1, 0.15) is 0 Å². The lowest BCUT2D eigenvalue weighted by molar-refractivity contribution is 0.311. The third-order valence-electron chi connectivity index (χ3n) is 4.93. The fourth-order valence-corrected chi connectivity index (χ4v) is 3.75. The molecule has 3 unspecified atom stereocenters. The van der Waals surface area contributed by atoms with Crippen molar-refractivity contribution in [2.75, 3.05) is 6.54 Å². The van der Waals surface area contributed by atoms with E-state index < -0.39 is 0 Å². The molecule has 104 valence electrons. The lowest BCUT2D eigenvalue weighted by atomic mass is 9.90. The Morgan fingerprint density at radius 3 is 2.61 bits per heavy atom. The molecule has 1 heteroatoms. The van der Waals surface area contributed by atoms with Gasteiger partial charge in [-0.2, -0.15) is 0 Å². The van der Waals surface area contributed by atoms with Gasteiger partial charge in [0, 0.05) is 6.04 Å². The van der Waals surface area contributed by atoms with E-state index in [-0.39, 0.29) is 0 Å². The maximum Gasteiger partial charge on any atom is 0.00955 e. The van der Waals surface area contributed by atoms with Gasteiger partial charge in [-0.15, -0.1) is 6.58 Å². The fourth-order valence-electron chi connectivity index (χ4n) is 3.75. The van der Waals surface area contributed by atoms with Crippen LogP contribution in [0.25, 0.3) is 0 Å². The number of hydrogen-bond acceptors (Lipinski definition) is 1. The third kappa shape index (κ3) is 4.12. The van der Waals surface area contributed by atoms with Gasteiger partial charge in [-0.1, -0.05) is 25.8 Å². The van der Waals surface area contributed by atoms with Crippen molar-refractivity contribution < 1.29 is 0 Å². The molecule has 0 bridgehead atoms. The molecule has 2 saturated carbocycles. The summed E-state index contributed by atoms with van der Waals surface area (Å²) in [6.45, 7) is 7.29. The number of fused-ring (bicyclic) bond motifs is 1. The minimum atomic E-state index is 0.821. The first-order chi connectivity index (χ1) is 8.85. The van der Waals surface area contributed by atoms with Crippen LogP contribution in [0.1, 0.15) is 64.7 Å². The van der Waals surface area contributed by atoms with Gasteiger partial charge in [-0.05, 0) is 69.2 Å². The van der Waals surface area contributed by atoms with E-state index in [1.165, 1.54) is 57.9 Å². The summed E-state index contributed by atoms with van der Waals surface area (Å²) < 4.78 is 0. The van der Waals surface area contributed by atoms with Crippen molar-refractivity contribution in [2.24, 2.45) is 17.8 Å². The summed E-state index contributed by atoms with van der Waals surface area (Å²) in [4.78, 5) is 0. The predicted molar refractivity (Wildman–Crippen MR) is 79.7 cm³/mol. The molecule has 2 rings (SSSR count). The van der Waals surface area contributed by atoms with Crippen molar-refractivity contribution in [3.05, 3.63) is 12.7 Å². The van der Waals surface area contributed by atoms with Gasteiger partial charge in [0.05, 0.1) is 0 Å². The van der Waals surface area contributed by atoms with Gasteiger partial charge in [0.2, 0.25) is 0 Å². The Hall–Kier alpha value is -0.300. The second-order valence-corrected chi connectivity index (χ2v) is 6.47. The van der Waals surface area contributed by atoms with Crippen LogP contribution < -0.4 is 5.32 Å². The van der Waals surface area contributed by atoms with Crippen LogP contribution in [-0.2, 0) is 0 Å². The van der Waals surface area contributed by atoms with Crippen LogP contribution in [0, 0.1) is 17.8 Å². The summed E-state index contributed by atoms with van der Waals surface area (Å²) in [6, 6.07) is 0.821. The molecule has 0 aromatic rings. The molecule has 1 N–H and O–H groups in total. The molecule has 0 radical (unpaired) electrons. The maximum atomic E-state index is 3.82. The number of unbranched alkanes of at least 4 members (excludes halogenated alkanes) is 3. The summed E-state index contributed by atoms with van der Waals surface area (Å²) in [6.07, 6.45) is 14.6. The predicted octanol–water partition coefficient (Wildman–Crippen LogP) is 4.54. The molecule has 0 aromatic heterocycles. The van der Waals surface area contributed by atoms with Crippen molar-refractivity contribution in [3.8, 4) is 0 Å². The highest BCUT2D eigenvalue weighted by atomic mass is 14.9. The second kappa shape index (κ2) is 7.33. The first-order valence-electron chi connectivity index (χ1n) is 8.19. The highest BCUT2D eigenvalue weighted by Crippen LogP contribution is 2.55. The molecule has 0 spiro atoms. The van der Waals surface area contributed by atoms with Gasteiger partial charge in [-0.25, -0.2) is 0 Å². The number of nitrogens with one attached hydrogen (secondary N) is 1. The minimum Gasteiger partial charge on any atom is -0.314 e. The van der Waals surface area contributed by atoms with Gasteiger partial charge in [0.25, 0.3) is 0 Å². The lowest BCUT2D eigenvalue weighted by Gasteiger charge is -2.26. The number of hydrogen-bond donors (Lipinski definition) is 1. The molecule has 3 atom stereocenters. The van der Waals surface area contributed by atoms with Gasteiger partial charge < -0.3 is 5.32 Å². The van der Waals surface area contributed by atoms with Crippen molar-refractivity contribution in [3.63, 3.8) is 0 Å². The quantitative estimate of drug-likeness (QED) is 0.443. The highest BCUT2D eigenvalue weighted by Gasteiger charge is 2.47. The molecular formula is C17H31N. The summed E-state index contributed by atoms with van der Waals surface area (Å²) >= 11 is 0. The van der Waals surface area contributed by atoms with E-state index in [1.54, 1.807) is 6.42 Å². The second-order valence-electron chi connectivity index (χ2n) is 6.47. The smallest absolute Gasteiger partial charge is 0.00955 e.